The van der Waals surface area contributed by atoms with Gasteiger partial charge in [-0.2, -0.15) is 11.8 Å². The maximum absolute atomic E-state index is 11.0. The van der Waals surface area contributed by atoms with Crippen molar-refractivity contribution in [3.63, 3.8) is 0 Å². The highest BCUT2D eigenvalue weighted by atomic mass is 32.2. The summed E-state index contributed by atoms with van der Waals surface area (Å²) >= 11 is 2.05. The van der Waals surface area contributed by atoms with Crippen molar-refractivity contribution >= 4 is 11.8 Å². The summed E-state index contributed by atoms with van der Waals surface area (Å²) in [6, 6.07) is 14.7. The maximum atomic E-state index is 11.0. The third-order valence-electron chi connectivity index (χ3n) is 5.67. The first kappa shape index (κ1) is 20.3. The van der Waals surface area contributed by atoms with Crippen LogP contribution in [0.2, 0.25) is 0 Å². The van der Waals surface area contributed by atoms with Crippen molar-refractivity contribution in [1.82, 2.24) is 0 Å². The van der Waals surface area contributed by atoms with Gasteiger partial charge in [-0.25, -0.2) is 0 Å². The van der Waals surface area contributed by atoms with E-state index in [1.54, 1.807) is 0 Å². The second-order valence-corrected chi connectivity index (χ2v) is 10.2. The zero-order valence-corrected chi connectivity index (χ0v) is 17.9. The lowest BCUT2D eigenvalue weighted by molar-refractivity contribution is 0.471. The van der Waals surface area contributed by atoms with Crippen molar-refractivity contribution in [2.24, 2.45) is 0 Å². The van der Waals surface area contributed by atoms with Crippen molar-refractivity contribution in [3.8, 4) is 16.9 Å². The van der Waals surface area contributed by atoms with Crippen LogP contribution in [0.5, 0.6) is 5.75 Å². The van der Waals surface area contributed by atoms with E-state index >= 15 is 0 Å². The van der Waals surface area contributed by atoms with E-state index in [0.717, 1.165) is 27.7 Å². The molecular weight excluding hydrogens is 348 g/mol. The lowest BCUT2D eigenvalue weighted by Gasteiger charge is -2.24. The molecule has 146 valence electrons. The van der Waals surface area contributed by atoms with Crippen LogP contribution in [0.4, 0.5) is 0 Å². The van der Waals surface area contributed by atoms with Gasteiger partial charge < -0.3 is 5.11 Å². The number of benzene rings is 2. The minimum absolute atomic E-state index is 0.0664. The molecule has 0 spiro atoms. The summed E-state index contributed by atoms with van der Waals surface area (Å²) in [5, 5.41) is 11.8. The molecule has 0 aliphatic heterocycles. The van der Waals surface area contributed by atoms with Gasteiger partial charge in [-0.3, -0.25) is 0 Å². The minimum Gasteiger partial charge on any atom is -0.507 e. The van der Waals surface area contributed by atoms with E-state index in [1.165, 1.54) is 50.5 Å². The van der Waals surface area contributed by atoms with Gasteiger partial charge in [-0.15, -0.1) is 0 Å². The molecule has 0 unspecified atom stereocenters. The van der Waals surface area contributed by atoms with Crippen LogP contribution < -0.4 is 0 Å². The van der Waals surface area contributed by atoms with Crippen LogP contribution in [0.3, 0.4) is 0 Å². The molecule has 2 aromatic carbocycles. The molecule has 2 heteroatoms. The Morgan fingerprint density at radius 1 is 0.926 bits per heavy atom. The van der Waals surface area contributed by atoms with Gasteiger partial charge in [-0.05, 0) is 35.4 Å². The van der Waals surface area contributed by atoms with Crippen molar-refractivity contribution in [1.29, 1.82) is 0 Å². The fourth-order valence-electron chi connectivity index (χ4n) is 3.87. The number of phenolic OH excluding ortho intramolecular Hbond substituents is 1. The molecule has 0 amide bonds. The number of phenols is 1. The van der Waals surface area contributed by atoms with E-state index < -0.39 is 0 Å². The number of aromatic hydroxyl groups is 1. The SMILES string of the molecule is CC(C)(C)c1cc(CSC2CCCCCCC2)c(O)c(-c2ccccc2)c1. The third-order valence-corrected chi connectivity index (χ3v) is 7.09. The standard InChI is InChI=1S/C25H34OS/c1-25(2,3)21-16-20(18-27-22-14-10-5-4-6-11-15-22)24(26)23(17-21)19-12-8-7-9-13-19/h7-9,12-13,16-17,22,26H,4-6,10-11,14-15,18H2,1-3H3. The molecule has 1 aliphatic rings. The smallest absolute Gasteiger partial charge is 0.127 e. The zero-order chi connectivity index (χ0) is 19.3. The molecule has 0 saturated heterocycles. The number of thioether (sulfide) groups is 1. The number of rotatable bonds is 4. The first-order chi connectivity index (χ1) is 12.9. The van der Waals surface area contributed by atoms with Gasteiger partial charge in [0.15, 0.2) is 0 Å². The first-order valence-corrected chi connectivity index (χ1v) is 11.5. The molecule has 2 aromatic rings. The Balaban J connectivity index is 1.87. The molecule has 0 bridgehead atoms. The molecule has 0 radical (unpaired) electrons. The fourth-order valence-corrected chi connectivity index (χ4v) is 5.17. The van der Waals surface area contributed by atoms with E-state index in [9.17, 15) is 5.11 Å². The Labute approximate surface area is 169 Å². The molecule has 1 fully saturated rings. The number of hydrogen-bond acceptors (Lipinski definition) is 2. The first-order valence-electron chi connectivity index (χ1n) is 10.5. The highest BCUT2D eigenvalue weighted by Crippen LogP contribution is 2.40. The summed E-state index contributed by atoms with van der Waals surface area (Å²) in [5.41, 5.74) is 4.52. The summed E-state index contributed by atoms with van der Waals surface area (Å²) < 4.78 is 0. The fraction of sp³-hybridized carbons (Fsp3) is 0.520. The molecule has 1 nitrogen and oxygen atoms in total. The van der Waals surface area contributed by atoms with Crippen LogP contribution in [0.25, 0.3) is 11.1 Å². The van der Waals surface area contributed by atoms with Crippen LogP contribution >= 0.6 is 11.8 Å². The molecule has 1 N–H and O–H groups in total. The summed E-state index contributed by atoms with van der Waals surface area (Å²) in [6.45, 7) is 6.75. The summed E-state index contributed by atoms with van der Waals surface area (Å²) in [5.74, 6) is 1.37. The van der Waals surface area contributed by atoms with Crippen molar-refractivity contribution in [2.45, 2.75) is 82.1 Å². The summed E-state index contributed by atoms with van der Waals surface area (Å²) in [4.78, 5) is 0. The van der Waals surface area contributed by atoms with Crippen LogP contribution in [0.15, 0.2) is 42.5 Å². The number of hydrogen-bond donors (Lipinski definition) is 1. The van der Waals surface area contributed by atoms with Gasteiger partial charge >= 0.3 is 0 Å². The second kappa shape index (κ2) is 9.19. The topological polar surface area (TPSA) is 20.2 Å². The van der Waals surface area contributed by atoms with Crippen molar-refractivity contribution < 1.29 is 5.11 Å². The predicted octanol–water partition coefficient (Wildman–Crippen LogP) is 7.70. The quantitative estimate of drug-likeness (QED) is 0.584. The van der Waals surface area contributed by atoms with E-state index in [-0.39, 0.29) is 5.41 Å². The highest BCUT2D eigenvalue weighted by molar-refractivity contribution is 7.99. The Morgan fingerprint density at radius 3 is 2.19 bits per heavy atom. The average molecular weight is 383 g/mol. The van der Waals surface area contributed by atoms with E-state index in [0.29, 0.717) is 5.75 Å². The van der Waals surface area contributed by atoms with Gasteiger partial charge in [0.05, 0.1) is 0 Å². The monoisotopic (exact) mass is 382 g/mol. The average Bonchev–Trinajstić information content (AvgIpc) is 2.61. The Morgan fingerprint density at radius 2 is 1.56 bits per heavy atom. The minimum atomic E-state index is 0.0664. The zero-order valence-electron chi connectivity index (χ0n) is 17.1. The third kappa shape index (κ3) is 5.54. The van der Waals surface area contributed by atoms with Crippen molar-refractivity contribution in [2.75, 3.05) is 0 Å². The van der Waals surface area contributed by atoms with Gasteiger partial charge in [-0.1, -0.05) is 89.3 Å². The summed E-state index contributed by atoms with van der Waals surface area (Å²) in [7, 11) is 0. The predicted molar refractivity (Wildman–Crippen MR) is 120 cm³/mol. The molecule has 1 aliphatic carbocycles. The van der Waals surface area contributed by atoms with Crippen LogP contribution in [-0.2, 0) is 11.2 Å². The molecule has 1 saturated carbocycles. The molecule has 0 heterocycles. The van der Waals surface area contributed by atoms with Gasteiger partial charge in [0.25, 0.3) is 0 Å². The lowest BCUT2D eigenvalue weighted by atomic mass is 9.84. The summed E-state index contributed by atoms with van der Waals surface area (Å²) in [6.07, 6.45) is 9.57. The van der Waals surface area contributed by atoms with E-state index in [4.69, 9.17) is 0 Å². The Hall–Kier alpha value is -1.41. The van der Waals surface area contributed by atoms with E-state index in [2.05, 4.69) is 56.8 Å². The molecule has 3 rings (SSSR count). The highest BCUT2D eigenvalue weighted by Gasteiger charge is 2.20. The molecule has 0 aromatic heterocycles. The molecule has 27 heavy (non-hydrogen) atoms. The molecular formula is C25H34OS. The van der Waals surface area contributed by atoms with Gasteiger partial charge in [0, 0.05) is 22.1 Å². The molecule has 0 atom stereocenters. The van der Waals surface area contributed by atoms with Gasteiger partial charge in [0.1, 0.15) is 5.75 Å². The Kier molecular flexibility index (Phi) is 6.92. The Bertz CT molecular complexity index is 722. The van der Waals surface area contributed by atoms with E-state index in [1.807, 2.05) is 18.2 Å². The van der Waals surface area contributed by atoms with Crippen LogP contribution in [0, 0.1) is 0 Å². The lowest BCUT2D eigenvalue weighted by Crippen LogP contribution is -2.12. The van der Waals surface area contributed by atoms with Gasteiger partial charge in [0.2, 0.25) is 0 Å². The van der Waals surface area contributed by atoms with Crippen molar-refractivity contribution in [3.05, 3.63) is 53.6 Å². The largest absolute Gasteiger partial charge is 0.507 e. The maximum Gasteiger partial charge on any atom is 0.127 e. The normalized spacial score (nSPS) is 16.7. The van der Waals surface area contributed by atoms with Crippen LogP contribution in [-0.4, -0.2) is 10.4 Å². The second-order valence-electron chi connectivity index (χ2n) is 8.93. The van der Waals surface area contributed by atoms with Crippen LogP contribution in [0.1, 0.15) is 76.8 Å².